The van der Waals surface area contributed by atoms with Crippen LogP contribution in [0.25, 0.3) is 0 Å². The summed E-state index contributed by atoms with van der Waals surface area (Å²) in [6.45, 7) is -0.0477. The van der Waals surface area contributed by atoms with Gasteiger partial charge in [0.05, 0.1) is 29.7 Å². The number of β-amino-alcohol motifs (C(OH)–C–C–N with tert-alkyl or cyclic N) is 1. The van der Waals surface area contributed by atoms with Crippen molar-refractivity contribution >= 4 is 11.8 Å². The lowest BCUT2D eigenvalue weighted by atomic mass is 9.89. The van der Waals surface area contributed by atoms with Crippen LogP contribution in [0.2, 0.25) is 0 Å². The molecule has 1 aromatic rings. The number of piperidine rings is 1. The zero-order valence-electron chi connectivity index (χ0n) is 12.1. The zero-order chi connectivity index (χ0) is 17.3. The number of hydrogen-bond donors (Lipinski definition) is 2. The van der Waals surface area contributed by atoms with Crippen LogP contribution in [0.1, 0.15) is 35.2 Å². The van der Waals surface area contributed by atoms with E-state index in [-0.39, 0.29) is 25.9 Å². The van der Waals surface area contributed by atoms with Crippen molar-refractivity contribution in [3.8, 4) is 0 Å². The second-order valence-corrected chi connectivity index (χ2v) is 5.62. The summed E-state index contributed by atoms with van der Waals surface area (Å²) >= 11 is 0. The topological polar surface area (TPSA) is 96.5 Å². The average Bonchev–Trinajstić information content (AvgIpc) is 2.44. The number of nitrogens with two attached hydrogens (primary N) is 1. The summed E-state index contributed by atoms with van der Waals surface area (Å²) in [5.74, 6) is -1.59. The number of primary amides is 1. The quantitative estimate of drug-likeness (QED) is 0.861. The smallest absolute Gasteiger partial charge is 0.388 e. The van der Waals surface area contributed by atoms with Gasteiger partial charge in [-0.25, -0.2) is 0 Å². The van der Waals surface area contributed by atoms with Gasteiger partial charge in [0.1, 0.15) is 0 Å². The summed E-state index contributed by atoms with van der Waals surface area (Å²) in [6.07, 6.45) is -2.75. The molecule has 1 aromatic heterocycles. The highest BCUT2D eigenvalue weighted by Gasteiger charge is 2.40. The van der Waals surface area contributed by atoms with E-state index in [2.05, 4.69) is 4.98 Å². The van der Waals surface area contributed by atoms with Gasteiger partial charge in [0.2, 0.25) is 5.91 Å². The molecule has 2 heterocycles. The van der Waals surface area contributed by atoms with Gasteiger partial charge in [-0.3, -0.25) is 14.6 Å². The third kappa shape index (κ3) is 3.98. The number of aromatic nitrogens is 1. The highest BCUT2D eigenvalue weighted by atomic mass is 19.4. The third-order valence-electron chi connectivity index (χ3n) is 3.70. The Morgan fingerprint density at radius 1 is 1.43 bits per heavy atom. The Balaban J connectivity index is 2.26. The maximum absolute atomic E-state index is 13.0. The number of pyridine rings is 1. The van der Waals surface area contributed by atoms with E-state index in [1.54, 1.807) is 0 Å². The molecule has 6 nitrogen and oxygen atoms in total. The van der Waals surface area contributed by atoms with Gasteiger partial charge in [0, 0.05) is 18.9 Å². The SMILES string of the molecule is NC(=O)CC1(O)CCCN(C(=O)c2ccncc2C(F)(F)F)C1. The van der Waals surface area contributed by atoms with Crippen LogP contribution in [0.15, 0.2) is 18.5 Å². The number of carbonyl (C=O) groups is 2. The van der Waals surface area contributed by atoms with E-state index >= 15 is 0 Å². The molecule has 0 bridgehead atoms. The molecule has 0 aromatic carbocycles. The Morgan fingerprint density at radius 2 is 2.13 bits per heavy atom. The van der Waals surface area contributed by atoms with E-state index in [1.807, 2.05) is 0 Å². The Kier molecular flexibility index (Phi) is 4.60. The molecule has 2 rings (SSSR count). The van der Waals surface area contributed by atoms with Gasteiger partial charge in [-0.1, -0.05) is 0 Å². The van der Waals surface area contributed by atoms with Crippen LogP contribution in [-0.4, -0.2) is 45.5 Å². The normalized spacial score (nSPS) is 22.0. The average molecular weight is 331 g/mol. The molecule has 1 fully saturated rings. The Hall–Kier alpha value is -2.16. The molecule has 23 heavy (non-hydrogen) atoms. The van der Waals surface area contributed by atoms with E-state index in [0.29, 0.717) is 12.6 Å². The second kappa shape index (κ2) is 6.15. The van der Waals surface area contributed by atoms with Crippen molar-refractivity contribution in [3.05, 3.63) is 29.6 Å². The minimum atomic E-state index is -4.71. The fraction of sp³-hybridized carbons (Fsp3) is 0.500. The van der Waals surface area contributed by atoms with E-state index in [4.69, 9.17) is 5.73 Å². The number of rotatable bonds is 3. The number of hydrogen-bond acceptors (Lipinski definition) is 4. The second-order valence-electron chi connectivity index (χ2n) is 5.62. The number of carbonyl (C=O) groups excluding carboxylic acids is 2. The molecule has 9 heteroatoms. The van der Waals surface area contributed by atoms with Gasteiger partial charge < -0.3 is 15.7 Å². The highest BCUT2D eigenvalue weighted by molar-refractivity contribution is 5.96. The molecule has 1 aliphatic rings. The number of likely N-dealkylation sites (tertiary alicyclic amines) is 1. The molecule has 0 radical (unpaired) electrons. The van der Waals surface area contributed by atoms with Crippen LogP contribution < -0.4 is 5.73 Å². The maximum Gasteiger partial charge on any atom is 0.418 e. The summed E-state index contributed by atoms with van der Waals surface area (Å²) < 4.78 is 38.9. The Morgan fingerprint density at radius 3 is 2.74 bits per heavy atom. The van der Waals surface area contributed by atoms with Crippen molar-refractivity contribution in [3.63, 3.8) is 0 Å². The van der Waals surface area contributed by atoms with Crippen molar-refractivity contribution < 1.29 is 27.9 Å². The Labute approximate surface area is 130 Å². The van der Waals surface area contributed by atoms with Crippen molar-refractivity contribution in [1.82, 2.24) is 9.88 Å². The lowest BCUT2D eigenvalue weighted by molar-refractivity contribution is -0.138. The number of nitrogens with zero attached hydrogens (tertiary/aromatic N) is 2. The Bertz CT molecular complexity index is 621. The van der Waals surface area contributed by atoms with Crippen LogP contribution in [0.3, 0.4) is 0 Å². The van der Waals surface area contributed by atoms with Crippen molar-refractivity contribution in [1.29, 1.82) is 0 Å². The first-order valence-corrected chi connectivity index (χ1v) is 6.93. The van der Waals surface area contributed by atoms with Gasteiger partial charge in [-0.15, -0.1) is 0 Å². The van der Waals surface area contributed by atoms with Crippen LogP contribution in [-0.2, 0) is 11.0 Å². The van der Waals surface area contributed by atoms with E-state index in [9.17, 15) is 27.9 Å². The first-order valence-electron chi connectivity index (χ1n) is 6.93. The molecule has 0 spiro atoms. The largest absolute Gasteiger partial charge is 0.418 e. The standard InChI is InChI=1S/C14H16F3N3O3/c15-14(16,17)10-7-19-4-2-9(10)12(22)20-5-1-3-13(23,8-20)6-11(18)21/h2,4,7,23H,1,3,5-6,8H2,(H2,18,21). The molecular weight excluding hydrogens is 315 g/mol. The number of halogens is 3. The molecule has 1 unspecified atom stereocenters. The third-order valence-corrected chi connectivity index (χ3v) is 3.70. The monoisotopic (exact) mass is 331 g/mol. The lowest BCUT2D eigenvalue weighted by Gasteiger charge is -2.38. The lowest BCUT2D eigenvalue weighted by Crippen LogP contribution is -2.52. The van der Waals surface area contributed by atoms with Gasteiger partial charge >= 0.3 is 6.18 Å². The van der Waals surface area contributed by atoms with Gasteiger partial charge in [0.25, 0.3) is 5.91 Å². The first-order chi connectivity index (χ1) is 10.6. The molecule has 1 aliphatic heterocycles. The summed E-state index contributed by atoms with van der Waals surface area (Å²) in [7, 11) is 0. The van der Waals surface area contributed by atoms with E-state index < -0.39 is 34.7 Å². The predicted molar refractivity (Wildman–Crippen MR) is 73.1 cm³/mol. The highest BCUT2D eigenvalue weighted by Crippen LogP contribution is 2.33. The van der Waals surface area contributed by atoms with Crippen molar-refractivity contribution in [2.24, 2.45) is 5.73 Å². The minimum Gasteiger partial charge on any atom is -0.388 e. The molecule has 1 saturated heterocycles. The van der Waals surface area contributed by atoms with Crippen LogP contribution >= 0.6 is 0 Å². The molecule has 1 atom stereocenters. The number of alkyl halides is 3. The zero-order valence-corrected chi connectivity index (χ0v) is 12.1. The molecule has 0 saturated carbocycles. The summed E-state index contributed by atoms with van der Waals surface area (Å²) in [4.78, 5) is 27.9. The van der Waals surface area contributed by atoms with Crippen molar-refractivity contribution in [2.45, 2.75) is 31.0 Å². The fourth-order valence-electron chi connectivity index (χ4n) is 2.73. The predicted octanol–water partition coefficient (Wildman–Crippen LogP) is 0.943. The van der Waals surface area contributed by atoms with Crippen LogP contribution in [0.4, 0.5) is 13.2 Å². The fourth-order valence-corrected chi connectivity index (χ4v) is 2.73. The molecule has 0 aliphatic carbocycles. The summed E-state index contributed by atoms with van der Waals surface area (Å²) in [5.41, 5.74) is 1.89. The number of amides is 2. The van der Waals surface area contributed by atoms with Crippen molar-refractivity contribution in [2.75, 3.05) is 13.1 Å². The van der Waals surface area contributed by atoms with Crippen LogP contribution in [0, 0.1) is 0 Å². The van der Waals surface area contributed by atoms with Gasteiger partial charge in [-0.05, 0) is 18.9 Å². The molecular formula is C14H16F3N3O3. The summed E-state index contributed by atoms with van der Waals surface area (Å²) in [6, 6.07) is 0.993. The molecule has 2 amide bonds. The summed E-state index contributed by atoms with van der Waals surface area (Å²) in [5, 5.41) is 10.3. The maximum atomic E-state index is 13.0. The first kappa shape index (κ1) is 17.2. The minimum absolute atomic E-state index is 0.194. The van der Waals surface area contributed by atoms with Crippen LogP contribution in [0.5, 0.6) is 0 Å². The van der Waals surface area contributed by atoms with Gasteiger partial charge in [-0.2, -0.15) is 13.2 Å². The molecule has 3 N–H and O–H groups in total. The molecule has 126 valence electrons. The number of aliphatic hydroxyl groups is 1. The van der Waals surface area contributed by atoms with E-state index in [1.165, 1.54) is 0 Å². The van der Waals surface area contributed by atoms with Gasteiger partial charge in [0.15, 0.2) is 0 Å². The van der Waals surface area contributed by atoms with E-state index in [0.717, 1.165) is 17.2 Å².